The van der Waals surface area contributed by atoms with Gasteiger partial charge >= 0.3 is 0 Å². The molecule has 0 aliphatic heterocycles. The number of carbonyl (C=O) groups excluding carboxylic acids is 1. The molecule has 0 bridgehead atoms. The number of nitrogens with zero attached hydrogens (tertiary/aromatic N) is 2. The molecular weight excluding hydrogens is 452 g/mol. The first-order chi connectivity index (χ1) is 17.4. The Kier molecular flexibility index (Phi) is 14.4. The number of rotatable bonds is 16. The predicted molar refractivity (Wildman–Crippen MR) is 150 cm³/mol. The summed E-state index contributed by atoms with van der Waals surface area (Å²) in [5, 5.41) is 10.3. The first-order valence-electron chi connectivity index (χ1n) is 11.4. The van der Waals surface area contributed by atoms with E-state index in [2.05, 4.69) is 24.7 Å². The number of aliphatic hydroxyl groups is 1. The summed E-state index contributed by atoms with van der Waals surface area (Å²) in [7, 11) is 3.44. The minimum absolute atomic E-state index is 0.0318. The van der Waals surface area contributed by atoms with Gasteiger partial charge < -0.3 is 19.5 Å². The fourth-order valence-corrected chi connectivity index (χ4v) is 2.95. The third-order valence-electron chi connectivity index (χ3n) is 4.84. The molecule has 36 heavy (non-hydrogen) atoms. The summed E-state index contributed by atoms with van der Waals surface area (Å²) in [6, 6.07) is 5.36. The molecule has 0 heterocycles. The Balaban J connectivity index is 2.68. The van der Waals surface area contributed by atoms with Gasteiger partial charge in [0.05, 0.1) is 13.2 Å². The summed E-state index contributed by atoms with van der Waals surface area (Å²) in [5.41, 5.74) is 2.65. The van der Waals surface area contributed by atoms with Gasteiger partial charge in [0.2, 0.25) is 0 Å². The van der Waals surface area contributed by atoms with Gasteiger partial charge in [-0.05, 0) is 49.1 Å². The quantitative estimate of drug-likeness (QED) is 0.180. The molecular formula is C30H36N2O4. The number of methoxy groups -OCH3 is 1. The van der Waals surface area contributed by atoms with Gasteiger partial charge in [-0.2, -0.15) is 0 Å². The number of benzene rings is 1. The number of carbonyl (C=O) groups is 1. The van der Waals surface area contributed by atoms with Crippen LogP contribution in [0, 0.1) is 0 Å². The van der Waals surface area contributed by atoms with Crippen molar-refractivity contribution in [3.8, 4) is 11.5 Å². The molecule has 1 atom stereocenters. The zero-order chi connectivity index (χ0) is 26.8. The second-order valence-corrected chi connectivity index (χ2v) is 7.50. The van der Waals surface area contributed by atoms with Gasteiger partial charge in [-0.3, -0.25) is 9.79 Å². The Morgan fingerprint density at radius 1 is 1.19 bits per heavy atom. The molecule has 0 aromatic heterocycles. The summed E-state index contributed by atoms with van der Waals surface area (Å²) in [6.07, 6.45) is 19.1. The fraction of sp³-hybridized carbons (Fsp3) is 0.200. The largest absolute Gasteiger partial charge is 0.496 e. The van der Waals surface area contributed by atoms with Crippen LogP contribution in [0.2, 0.25) is 0 Å². The molecule has 0 saturated heterocycles. The molecule has 6 heteroatoms. The Labute approximate surface area is 215 Å². The zero-order valence-corrected chi connectivity index (χ0v) is 21.3. The highest BCUT2D eigenvalue weighted by Crippen LogP contribution is 2.26. The van der Waals surface area contributed by atoms with Crippen molar-refractivity contribution in [1.29, 1.82) is 0 Å². The van der Waals surface area contributed by atoms with Crippen LogP contribution in [0.25, 0.3) is 6.08 Å². The Bertz CT molecular complexity index is 1070. The van der Waals surface area contributed by atoms with Gasteiger partial charge in [-0.1, -0.05) is 56.2 Å². The van der Waals surface area contributed by atoms with Crippen molar-refractivity contribution < 1.29 is 19.4 Å². The SMILES string of the molecule is C=C/C=C\N=C\COc1ccc(/C=C/C(O)CC(=O)/C=C/C=C/C(C)=C(\C=C)N(C)C=C)c(OC)c1. The average molecular weight is 489 g/mol. The van der Waals surface area contributed by atoms with Crippen molar-refractivity contribution in [2.45, 2.75) is 19.4 Å². The smallest absolute Gasteiger partial charge is 0.158 e. The van der Waals surface area contributed by atoms with Crippen molar-refractivity contribution in [3.63, 3.8) is 0 Å². The van der Waals surface area contributed by atoms with E-state index in [0.717, 1.165) is 16.8 Å². The van der Waals surface area contributed by atoms with Crippen LogP contribution >= 0.6 is 0 Å². The number of aliphatic hydroxyl groups excluding tert-OH is 1. The molecule has 0 amide bonds. The molecule has 190 valence electrons. The average Bonchev–Trinajstić information content (AvgIpc) is 2.87. The highest BCUT2D eigenvalue weighted by Gasteiger charge is 2.07. The van der Waals surface area contributed by atoms with Crippen LogP contribution in [0.5, 0.6) is 11.5 Å². The third-order valence-corrected chi connectivity index (χ3v) is 4.84. The Morgan fingerprint density at radius 2 is 1.94 bits per heavy atom. The molecule has 0 aliphatic carbocycles. The number of likely N-dealkylation sites (N-methyl/N-ethyl adjacent to an activating group) is 1. The van der Waals surface area contributed by atoms with Crippen LogP contribution in [-0.2, 0) is 4.79 Å². The number of aliphatic imine (C=N–C) groups is 1. The van der Waals surface area contributed by atoms with Crippen LogP contribution in [0.1, 0.15) is 18.9 Å². The molecule has 0 saturated carbocycles. The van der Waals surface area contributed by atoms with E-state index >= 15 is 0 Å². The van der Waals surface area contributed by atoms with E-state index < -0.39 is 6.10 Å². The first kappa shape index (κ1) is 29.9. The Morgan fingerprint density at radius 3 is 2.61 bits per heavy atom. The van der Waals surface area contributed by atoms with Crippen molar-refractivity contribution >= 4 is 18.1 Å². The monoisotopic (exact) mass is 488 g/mol. The summed E-state index contributed by atoms with van der Waals surface area (Å²) in [5.74, 6) is 1.02. The summed E-state index contributed by atoms with van der Waals surface area (Å²) >= 11 is 0. The van der Waals surface area contributed by atoms with Crippen LogP contribution in [0.4, 0.5) is 0 Å². The highest BCUT2D eigenvalue weighted by molar-refractivity contribution is 5.90. The zero-order valence-electron chi connectivity index (χ0n) is 21.3. The maximum absolute atomic E-state index is 12.2. The lowest BCUT2D eigenvalue weighted by Crippen LogP contribution is -2.09. The molecule has 6 nitrogen and oxygen atoms in total. The van der Waals surface area contributed by atoms with Gasteiger partial charge in [0.15, 0.2) is 5.78 Å². The van der Waals surface area contributed by atoms with E-state index in [1.165, 1.54) is 6.08 Å². The molecule has 1 aromatic carbocycles. The van der Waals surface area contributed by atoms with Crippen molar-refractivity contribution in [3.05, 3.63) is 116 Å². The van der Waals surface area contributed by atoms with Crippen molar-refractivity contribution in [2.75, 3.05) is 20.8 Å². The molecule has 1 aromatic rings. The van der Waals surface area contributed by atoms with E-state index in [0.29, 0.717) is 18.1 Å². The Hall–Kier alpha value is -4.16. The van der Waals surface area contributed by atoms with Crippen LogP contribution in [0.3, 0.4) is 0 Å². The molecule has 0 fully saturated rings. The van der Waals surface area contributed by atoms with Crippen molar-refractivity contribution in [2.24, 2.45) is 4.99 Å². The minimum Gasteiger partial charge on any atom is -0.496 e. The van der Waals surface area contributed by atoms with Gasteiger partial charge in [-0.25, -0.2) is 0 Å². The van der Waals surface area contributed by atoms with E-state index in [1.807, 2.05) is 31.0 Å². The van der Waals surface area contributed by atoms with Crippen LogP contribution in [0.15, 0.2) is 115 Å². The number of allylic oxidation sites excluding steroid dienone is 8. The fourth-order valence-electron chi connectivity index (χ4n) is 2.95. The van der Waals surface area contributed by atoms with Gasteiger partial charge in [-0.15, -0.1) is 0 Å². The van der Waals surface area contributed by atoms with E-state index in [9.17, 15) is 9.90 Å². The second-order valence-electron chi connectivity index (χ2n) is 7.50. The number of hydrogen-bond acceptors (Lipinski definition) is 6. The molecule has 1 rings (SSSR count). The normalized spacial score (nSPS) is 13.4. The predicted octanol–water partition coefficient (Wildman–Crippen LogP) is 5.83. The molecule has 0 aliphatic rings. The number of hydrogen-bond donors (Lipinski definition) is 1. The third kappa shape index (κ3) is 11.3. The van der Waals surface area contributed by atoms with Crippen LogP contribution < -0.4 is 9.47 Å². The lowest BCUT2D eigenvalue weighted by molar-refractivity contribution is -0.115. The lowest BCUT2D eigenvalue weighted by Gasteiger charge is -2.16. The molecule has 1 unspecified atom stereocenters. The van der Waals surface area contributed by atoms with E-state index in [1.54, 1.807) is 80.4 Å². The standard InChI is InChI=1S/C30H36N2O4/c1-7-10-19-31-20-21-36-28-18-16-25(30(23-28)35-6)15-17-27(34)22-26(33)14-12-11-13-24(4)29(8-2)32(5)9-3/h7-20,23,27,34H,1-3,21-22H2,4-6H3/b13-11+,14-12+,17-15+,19-10-,29-24+,31-20+. The number of ether oxygens (including phenoxy) is 2. The van der Waals surface area contributed by atoms with Crippen molar-refractivity contribution in [1.82, 2.24) is 4.90 Å². The topological polar surface area (TPSA) is 71.4 Å². The maximum atomic E-state index is 12.2. The van der Waals surface area contributed by atoms with E-state index in [4.69, 9.17) is 9.47 Å². The minimum atomic E-state index is -0.929. The van der Waals surface area contributed by atoms with Gasteiger partial charge in [0.25, 0.3) is 0 Å². The van der Waals surface area contributed by atoms with Gasteiger partial charge in [0, 0.05) is 43.2 Å². The first-order valence-corrected chi connectivity index (χ1v) is 11.4. The molecule has 1 N–H and O–H groups in total. The van der Waals surface area contributed by atoms with Crippen LogP contribution in [-0.4, -0.2) is 48.9 Å². The highest BCUT2D eigenvalue weighted by atomic mass is 16.5. The molecule has 0 spiro atoms. The lowest BCUT2D eigenvalue weighted by atomic mass is 10.1. The van der Waals surface area contributed by atoms with E-state index in [-0.39, 0.29) is 12.2 Å². The maximum Gasteiger partial charge on any atom is 0.158 e. The summed E-state index contributed by atoms with van der Waals surface area (Å²) in [6.45, 7) is 13.4. The number of ketones is 1. The second kappa shape index (κ2) is 17.3. The summed E-state index contributed by atoms with van der Waals surface area (Å²) in [4.78, 5) is 18.1. The molecule has 0 radical (unpaired) electrons. The summed E-state index contributed by atoms with van der Waals surface area (Å²) < 4.78 is 11.0. The van der Waals surface area contributed by atoms with Gasteiger partial charge in [0.1, 0.15) is 18.1 Å².